The van der Waals surface area contributed by atoms with Crippen LogP contribution in [-0.2, 0) is 4.89 Å². The predicted octanol–water partition coefficient (Wildman–Crippen LogP) is -0.570. The van der Waals surface area contributed by atoms with Crippen LogP contribution in [0.3, 0.4) is 0 Å². The molecule has 0 aliphatic carbocycles. The van der Waals surface area contributed by atoms with E-state index in [1.165, 1.54) is 0 Å². The van der Waals surface area contributed by atoms with Crippen molar-refractivity contribution in [2.24, 2.45) is 0 Å². The lowest BCUT2D eigenvalue weighted by Crippen LogP contribution is -2.40. The zero-order valence-electron chi connectivity index (χ0n) is 8.86. The van der Waals surface area contributed by atoms with Gasteiger partial charge in [0.1, 0.15) is 0 Å². The second-order valence-electron chi connectivity index (χ2n) is 2.75. The smallest absolute Gasteiger partial charge is 0.410 e. The minimum Gasteiger partial charge on any atom is -0.465 e. The van der Waals surface area contributed by atoms with Crippen molar-refractivity contribution in [1.82, 2.24) is 21.3 Å². The molecule has 17 heavy (non-hydrogen) atoms. The van der Waals surface area contributed by atoms with Crippen molar-refractivity contribution < 1.29 is 20.0 Å². The van der Waals surface area contributed by atoms with Crippen LogP contribution in [0.2, 0.25) is 0 Å². The average Bonchev–Trinajstić information content (AvgIpc) is 2.24. The van der Waals surface area contributed by atoms with Crippen LogP contribution in [0, 0.1) is 0 Å². The number of hydrogen-bond acceptors (Lipinski definition) is 5. The van der Waals surface area contributed by atoms with Crippen molar-refractivity contribution in [1.29, 1.82) is 0 Å². The summed E-state index contributed by atoms with van der Waals surface area (Å²) in [5.41, 5.74) is 0. The molecule has 0 aromatic carbocycles. The quantitative estimate of drug-likeness (QED) is 0.125. The lowest BCUT2D eigenvalue weighted by atomic mass is 10.4. The number of carbonyl (C=O) groups is 1. The lowest BCUT2D eigenvalue weighted by Gasteiger charge is -2.10. The molecule has 0 atom stereocenters. The van der Waals surface area contributed by atoms with Crippen LogP contribution in [0.15, 0.2) is 0 Å². The fraction of sp³-hybridized carbons (Fsp3) is 0.571. The molecule has 0 fully saturated rings. The zero-order valence-corrected chi connectivity index (χ0v) is 10.5. The summed E-state index contributed by atoms with van der Waals surface area (Å²) in [6.45, 7) is 0.988. The first kappa shape index (κ1) is 15.8. The Morgan fingerprint density at radius 1 is 1.12 bits per heavy atom. The summed E-state index contributed by atoms with van der Waals surface area (Å²) in [7, 11) is 0. The van der Waals surface area contributed by atoms with E-state index in [0.29, 0.717) is 24.6 Å². The Kier molecular flexibility index (Phi) is 9.24. The molecule has 0 heterocycles. The third-order valence-electron chi connectivity index (χ3n) is 1.44. The van der Waals surface area contributed by atoms with Crippen LogP contribution in [-0.4, -0.2) is 46.5 Å². The molecule has 8 nitrogen and oxygen atoms in total. The summed E-state index contributed by atoms with van der Waals surface area (Å²) in [4.78, 5) is 14.0. The minimum atomic E-state index is -1.20. The molecule has 0 saturated heterocycles. The number of amides is 1. The van der Waals surface area contributed by atoms with Gasteiger partial charge in [-0.05, 0) is 30.9 Å². The molecule has 0 spiro atoms. The molecule has 0 rings (SSSR count). The van der Waals surface area contributed by atoms with E-state index in [-0.39, 0.29) is 11.8 Å². The highest BCUT2D eigenvalue weighted by molar-refractivity contribution is 7.80. The first-order valence-corrected chi connectivity index (χ1v) is 5.43. The van der Waals surface area contributed by atoms with Gasteiger partial charge in [-0.2, -0.15) is 0 Å². The number of thiocarbonyl (C=S) groups is 2. The highest BCUT2D eigenvalue weighted by atomic mass is 32.1. The van der Waals surface area contributed by atoms with Gasteiger partial charge in [0.05, 0.1) is 0 Å². The van der Waals surface area contributed by atoms with Crippen molar-refractivity contribution in [3.05, 3.63) is 0 Å². The molecular weight excluding hydrogens is 268 g/mol. The van der Waals surface area contributed by atoms with Gasteiger partial charge in [-0.15, -0.1) is 0 Å². The number of rotatable bonds is 6. The average molecular weight is 282 g/mol. The second kappa shape index (κ2) is 9.96. The van der Waals surface area contributed by atoms with E-state index in [4.69, 9.17) is 22.6 Å². The summed E-state index contributed by atoms with van der Waals surface area (Å²) in [5, 5.41) is 26.9. The Bertz CT molecular complexity index is 277. The van der Waals surface area contributed by atoms with Crippen molar-refractivity contribution >= 4 is 40.8 Å². The van der Waals surface area contributed by atoms with Gasteiger partial charge in [0, 0.05) is 13.1 Å². The molecule has 0 radical (unpaired) electrons. The summed E-state index contributed by atoms with van der Waals surface area (Å²) in [5.74, 6) is 0. The van der Waals surface area contributed by atoms with Crippen LogP contribution < -0.4 is 21.3 Å². The normalized spacial score (nSPS) is 9.24. The Morgan fingerprint density at radius 3 is 2.24 bits per heavy atom. The van der Waals surface area contributed by atoms with E-state index in [9.17, 15) is 4.79 Å². The molecular formula is C7H14N4O4S2. The Labute approximate surface area is 109 Å². The standard InChI is InChI=1S/C7H14N4O4S2/c12-7(13)11-6(17)9-3-1-2-8-5(16)10-4-15-14/h14H,1-4H2,(H,12,13)(H2,8,10,16)(H2,9,11,17). The van der Waals surface area contributed by atoms with E-state index >= 15 is 0 Å². The SMILES string of the molecule is O=C(O)NC(=S)NCCCNC(=S)NCOO. The Morgan fingerprint density at radius 2 is 1.71 bits per heavy atom. The molecule has 98 valence electrons. The van der Waals surface area contributed by atoms with Crippen LogP contribution in [0.5, 0.6) is 0 Å². The van der Waals surface area contributed by atoms with E-state index in [2.05, 4.69) is 33.1 Å². The van der Waals surface area contributed by atoms with Crippen LogP contribution in [0.1, 0.15) is 6.42 Å². The molecule has 0 aliphatic heterocycles. The third kappa shape index (κ3) is 11.0. The van der Waals surface area contributed by atoms with Gasteiger partial charge >= 0.3 is 6.09 Å². The molecule has 0 bridgehead atoms. The van der Waals surface area contributed by atoms with E-state index in [1.807, 2.05) is 5.32 Å². The lowest BCUT2D eigenvalue weighted by molar-refractivity contribution is -0.244. The summed E-state index contributed by atoms with van der Waals surface area (Å²) < 4.78 is 0. The largest absolute Gasteiger partial charge is 0.465 e. The fourth-order valence-electron chi connectivity index (χ4n) is 0.794. The van der Waals surface area contributed by atoms with Gasteiger partial charge in [-0.25, -0.2) is 14.9 Å². The minimum absolute atomic E-state index is 0.0619. The van der Waals surface area contributed by atoms with Gasteiger partial charge in [0.2, 0.25) is 0 Å². The molecule has 0 saturated carbocycles. The Balaban J connectivity index is 3.37. The summed E-state index contributed by atoms with van der Waals surface area (Å²) in [6.07, 6.45) is -0.515. The van der Waals surface area contributed by atoms with Crippen LogP contribution >= 0.6 is 24.4 Å². The first-order valence-electron chi connectivity index (χ1n) is 4.62. The highest BCUT2D eigenvalue weighted by Gasteiger charge is 1.99. The fourth-order valence-corrected chi connectivity index (χ4v) is 1.14. The number of carboxylic acid groups (broad SMARTS) is 1. The molecule has 0 unspecified atom stereocenters. The van der Waals surface area contributed by atoms with Gasteiger partial charge in [0.15, 0.2) is 17.0 Å². The van der Waals surface area contributed by atoms with E-state index in [1.54, 1.807) is 0 Å². The van der Waals surface area contributed by atoms with Gasteiger partial charge < -0.3 is 21.1 Å². The van der Waals surface area contributed by atoms with Crippen molar-refractivity contribution in [3.63, 3.8) is 0 Å². The van der Waals surface area contributed by atoms with Crippen LogP contribution in [0.25, 0.3) is 0 Å². The monoisotopic (exact) mass is 282 g/mol. The molecule has 1 amide bonds. The maximum Gasteiger partial charge on any atom is 0.410 e. The Hall–Kier alpha value is -1.23. The van der Waals surface area contributed by atoms with Crippen LogP contribution in [0.4, 0.5) is 4.79 Å². The number of hydrogen-bond donors (Lipinski definition) is 6. The van der Waals surface area contributed by atoms with E-state index < -0.39 is 6.09 Å². The van der Waals surface area contributed by atoms with Crippen molar-refractivity contribution in [2.45, 2.75) is 6.42 Å². The first-order chi connectivity index (χ1) is 8.06. The third-order valence-corrected chi connectivity index (χ3v) is 1.98. The maximum atomic E-state index is 10.2. The molecule has 0 aliphatic rings. The van der Waals surface area contributed by atoms with Gasteiger partial charge in [-0.1, -0.05) is 0 Å². The maximum absolute atomic E-state index is 10.2. The summed E-state index contributed by atoms with van der Waals surface area (Å²) in [6, 6.07) is 0. The molecule has 6 N–H and O–H groups in total. The predicted molar refractivity (Wildman–Crippen MR) is 68.7 cm³/mol. The zero-order chi connectivity index (χ0) is 13.1. The molecule has 10 heteroatoms. The molecule has 0 aromatic rings. The summed E-state index contributed by atoms with van der Waals surface area (Å²) >= 11 is 9.51. The molecule has 0 aromatic heterocycles. The van der Waals surface area contributed by atoms with E-state index in [0.717, 1.165) is 0 Å². The highest BCUT2D eigenvalue weighted by Crippen LogP contribution is 1.76. The number of nitrogens with one attached hydrogen (secondary N) is 4. The second-order valence-corrected chi connectivity index (χ2v) is 3.56. The van der Waals surface area contributed by atoms with Crippen molar-refractivity contribution in [3.8, 4) is 0 Å². The van der Waals surface area contributed by atoms with Gasteiger partial charge in [-0.3, -0.25) is 5.32 Å². The van der Waals surface area contributed by atoms with Crippen molar-refractivity contribution in [2.75, 3.05) is 19.8 Å². The topological polar surface area (TPSA) is 115 Å². The van der Waals surface area contributed by atoms with Gasteiger partial charge in [0.25, 0.3) is 0 Å².